The number of hydrogen-bond acceptors (Lipinski definition) is 5. The first-order valence-corrected chi connectivity index (χ1v) is 10.8. The van der Waals surface area contributed by atoms with Crippen molar-refractivity contribution in [3.05, 3.63) is 30.0 Å². The van der Waals surface area contributed by atoms with E-state index in [1.807, 2.05) is 12.3 Å². The van der Waals surface area contributed by atoms with Crippen LogP contribution in [0.1, 0.15) is 24.8 Å². The van der Waals surface area contributed by atoms with Crippen molar-refractivity contribution in [2.24, 2.45) is 17.8 Å². The fraction of sp³-hybridized carbons (Fsp3) is 0.609. The van der Waals surface area contributed by atoms with E-state index in [0.717, 1.165) is 30.9 Å². The van der Waals surface area contributed by atoms with Crippen molar-refractivity contribution in [1.82, 2.24) is 4.90 Å². The maximum absolute atomic E-state index is 13.5. The van der Waals surface area contributed by atoms with Crippen molar-refractivity contribution in [1.29, 1.82) is 0 Å². The van der Waals surface area contributed by atoms with Crippen LogP contribution in [0, 0.1) is 17.8 Å². The number of piperidine rings is 2. The molecule has 1 saturated carbocycles. The van der Waals surface area contributed by atoms with Crippen LogP contribution in [0.15, 0.2) is 24.5 Å². The first kappa shape index (κ1) is 16.6. The van der Waals surface area contributed by atoms with Crippen LogP contribution < -0.4 is 14.4 Å². The summed E-state index contributed by atoms with van der Waals surface area (Å²) in [4.78, 5) is 18.3. The van der Waals surface area contributed by atoms with Gasteiger partial charge in [-0.25, -0.2) is 0 Å². The number of hydrogen-bond donors (Lipinski definition) is 0. The van der Waals surface area contributed by atoms with Gasteiger partial charge in [-0.1, -0.05) is 0 Å². The third kappa shape index (κ3) is 1.73. The SMILES string of the molecule is COc1cc2c(cc1OC)C13CCN4CC5C=COC6CC(=O)N2C1C6C5CC43. The minimum atomic E-state index is -0.0248. The van der Waals surface area contributed by atoms with E-state index in [1.54, 1.807) is 14.2 Å². The van der Waals surface area contributed by atoms with E-state index >= 15 is 0 Å². The van der Waals surface area contributed by atoms with Crippen LogP contribution in [-0.4, -0.2) is 56.3 Å². The first-order chi connectivity index (χ1) is 14.2. The lowest BCUT2D eigenvalue weighted by Crippen LogP contribution is -2.70. The maximum atomic E-state index is 13.5. The Morgan fingerprint density at radius 1 is 1.21 bits per heavy atom. The zero-order valence-electron chi connectivity index (χ0n) is 16.8. The minimum Gasteiger partial charge on any atom is -0.497 e. The Kier molecular flexibility index (Phi) is 3.02. The third-order valence-corrected chi connectivity index (χ3v) is 8.92. The highest BCUT2D eigenvalue weighted by molar-refractivity contribution is 5.99. The molecule has 1 aromatic carbocycles. The van der Waals surface area contributed by atoms with Gasteiger partial charge in [-0.15, -0.1) is 0 Å². The van der Waals surface area contributed by atoms with E-state index in [0.29, 0.717) is 36.0 Å². The summed E-state index contributed by atoms with van der Waals surface area (Å²) in [5.41, 5.74) is 2.30. The Morgan fingerprint density at radius 2 is 2.03 bits per heavy atom. The highest BCUT2D eigenvalue weighted by Gasteiger charge is 2.71. The number of fused-ring (bicyclic) bond motifs is 2. The van der Waals surface area contributed by atoms with Gasteiger partial charge in [0.1, 0.15) is 6.10 Å². The molecular weight excluding hydrogens is 368 g/mol. The van der Waals surface area contributed by atoms with Crippen molar-refractivity contribution in [3.8, 4) is 11.5 Å². The van der Waals surface area contributed by atoms with Crippen molar-refractivity contribution >= 4 is 11.6 Å². The third-order valence-electron chi connectivity index (χ3n) is 8.92. The number of amides is 1. The molecule has 0 aromatic heterocycles. The predicted octanol–water partition coefficient (Wildman–Crippen LogP) is 2.31. The number of methoxy groups -OCH3 is 2. The van der Waals surface area contributed by atoms with Gasteiger partial charge in [0.15, 0.2) is 11.5 Å². The minimum absolute atomic E-state index is 0.00178. The van der Waals surface area contributed by atoms with E-state index in [4.69, 9.17) is 14.2 Å². The number of nitrogens with zero attached hydrogens (tertiary/aromatic N) is 2. The summed E-state index contributed by atoms with van der Waals surface area (Å²) < 4.78 is 17.5. The molecule has 1 amide bonds. The molecule has 7 rings (SSSR count). The molecule has 7 atom stereocenters. The van der Waals surface area contributed by atoms with Crippen molar-refractivity contribution < 1.29 is 19.0 Å². The van der Waals surface area contributed by atoms with Crippen LogP contribution >= 0.6 is 0 Å². The molecule has 4 fully saturated rings. The van der Waals surface area contributed by atoms with E-state index < -0.39 is 0 Å². The molecule has 7 unspecified atom stereocenters. The van der Waals surface area contributed by atoms with Crippen LogP contribution in [0.3, 0.4) is 0 Å². The van der Waals surface area contributed by atoms with E-state index in [-0.39, 0.29) is 23.5 Å². The number of ether oxygens (including phenoxy) is 3. The highest BCUT2D eigenvalue weighted by Crippen LogP contribution is 2.66. The first-order valence-electron chi connectivity index (χ1n) is 10.8. The van der Waals surface area contributed by atoms with Gasteiger partial charge >= 0.3 is 0 Å². The summed E-state index contributed by atoms with van der Waals surface area (Å²) in [6.45, 7) is 2.22. The smallest absolute Gasteiger partial charge is 0.231 e. The number of anilines is 1. The van der Waals surface area contributed by atoms with Crippen molar-refractivity contribution in [2.75, 3.05) is 32.2 Å². The quantitative estimate of drug-likeness (QED) is 0.771. The van der Waals surface area contributed by atoms with Gasteiger partial charge in [-0.05, 0) is 48.9 Å². The molecule has 3 saturated heterocycles. The van der Waals surface area contributed by atoms with Gasteiger partial charge in [-0.2, -0.15) is 0 Å². The number of rotatable bonds is 2. The summed E-state index contributed by atoms with van der Waals surface area (Å²) in [7, 11) is 3.36. The Bertz CT molecular complexity index is 960. The summed E-state index contributed by atoms with van der Waals surface area (Å²) in [5.74, 6) is 3.15. The lowest BCUT2D eigenvalue weighted by Gasteiger charge is -2.59. The predicted molar refractivity (Wildman–Crippen MR) is 106 cm³/mol. The molecule has 6 aliphatic rings. The molecule has 1 aromatic rings. The zero-order chi connectivity index (χ0) is 19.5. The van der Waals surface area contributed by atoms with E-state index in [2.05, 4.69) is 21.9 Å². The number of carbonyl (C=O) groups excluding carboxylic acids is 1. The Labute approximate surface area is 170 Å². The lowest BCUT2D eigenvalue weighted by molar-refractivity contribution is -0.132. The molecule has 0 N–H and O–H groups in total. The molecular formula is C23H26N2O4. The Balaban J connectivity index is 1.51. The number of carbonyl (C=O) groups is 1. The van der Waals surface area contributed by atoms with E-state index in [9.17, 15) is 4.79 Å². The molecule has 29 heavy (non-hydrogen) atoms. The van der Waals surface area contributed by atoms with Crippen LogP contribution in [0.4, 0.5) is 5.69 Å². The highest BCUT2D eigenvalue weighted by atomic mass is 16.5. The molecule has 1 aliphatic carbocycles. The molecule has 5 heterocycles. The Morgan fingerprint density at radius 3 is 2.86 bits per heavy atom. The van der Waals surface area contributed by atoms with E-state index in [1.165, 1.54) is 12.0 Å². The topological polar surface area (TPSA) is 51.2 Å². The van der Waals surface area contributed by atoms with Crippen molar-refractivity contribution in [3.63, 3.8) is 0 Å². The van der Waals surface area contributed by atoms with Gasteiger partial charge in [0.05, 0.1) is 38.6 Å². The standard InChI is InChI=1S/C23H26N2O4/c1-27-16-8-14-15(9-17(16)28-2)25-20(26)10-18-21-13-7-19-23(14,22(21)25)4-5-24(19)11-12(13)3-6-29-18/h3,6,8-9,12-13,18-19,21-22H,4-5,7,10-11H2,1-2H3. The summed E-state index contributed by atoms with van der Waals surface area (Å²) >= 11 is 0. The Hall–Kier alpha value is -2.21. The van der Waals surface area contributed by atoms with Crippen LogP contribution in [0.5, 0.6) is 11.5 Å². The molecule has 152 valence electrons. The lowest BCUT2D eigenvalue weighted by atomic mass is 9.52. The second kappa shape index (κ2) is 5.28. The van der Waals surface area contributed by atoms with Gasteiger partial charge in [0.2, 0.25) is 5.91 Å². The van der Waals surface area contributed by atoms with Gasteiger partial charge in [-0.3, -0.25) is 9.69 Å². The normalized spacial score (nSPS) is 43.0. The molecule has 6 nitrogen and oxygen atoms in total. The van der Waals surface area contributed by atoms with Crippen LogP contribution in [-0.2, 0) is 14.9 Å². The van der Waals surface area contributed by atoms with Gasteiger partial charge in [0.25, 0.3) is 0 Å². The number of benzene rings is 1. The molecule has 6 heteroatoms. The van der Waals surface area contributed by atoms with Crippen LogP contribution in [0.2, 0.25) is 0 Å². The molecule has 2 bridgehead atoms. The fourth-order valence-electron chi connectivity index (χ4n) is 7.99. The monoisotopic (exact) mass is 394 g/mol. The summed E-state index contributed by atoms with van der Waals surface area (Å²) in [6, 6.07) is 4.88. The summed E-state index contributed by atoms with van der Waals surface area (Å²) in [5, 5.41) is 0. The maximum Gasteiger partial charge on any atom is 0.231 e. The second-order valence-corrected chi connectivity index (χ2v) is 9.58. The molecule has 5 aliphatic heterocycles. The molecule has 0 radical (unpaired) electrons. The van der Waals surface area contributed by atoms with Crippen molar-refractivity contribution in [2.45, 2.75) is 42.9 Å². The second-order valence-electron chi connectivity index (χ2n) is 9.58. The molecule has 1 spiro atoms. The average molecular weight is 394 g/mol. The zero-order valence-corrected chi connectivity index (χ0v) is 16.8. The van der Waals surface area contributed by atoms with Gasteiger partial charge < -0.3 is 19.1 Å². The summed E-state index contributed by atoms with van der Waals surface area (Å²) in [6.07, 6.45) is 6.93. The largest absolute Gasteiger partial charge is 0.497 e. The fourth-order valence-corrected chi connectivity index (χ4v) is 7.99. The van der Waals surface area contributed by atoms with Crippen LogP contribution in [0.25, 0.3) is 0 Å². The van der Waals surface area contributed by atoms with Gasteiger partial charge in [0, 0.05) is 30.0 Å². The average Bonchev–Trinajstić information content (AvgIpc) is 3.20.